The molecule has 5 nitrogen and oxygen atoms in total. The minimum Gasteiger partial charge on any atom is -0.480 e. The van der Waals surface area contributed by atoms with Gasteiger partial charge in [0.05, 0.1) is 6.04 Å². The van der Waals surface area contributed by atoms with Crippen molar-refractivity contribution in [2.24, 2.45) is 5.73 Å². The first-order valence-corrected chi connectivity index (χ1v) is 5.18. The average molecular weight is 216 g/mol. The molecule has 0 aromatic heterocycles. The third kappa shape index (κ3) is 4.78. The van der Waals surface area contributed by atoms with Crippen LogP contribution in [0.25, 0.3) is 0 Å². The predicted molar refractivity (Wildman–Crippen MR) is 57.4 cm³/mol. The fourth-order valence-corrected chi connectivity index (χ4v) is 1.31. The van der Waals surface area contributed by atoms with Gasteiger partial charge in [0.25, 0.3) is 0 Å². The zero-order valence-corrected chi connectivity index (χ0v) is 9.56. The van der Waals surface area contributed by atoms with Crippen molar-refractivity contribution < 1.29 is 14.7 Å². The zero-order chi connectivity index (χ0) is 12.0. The van der Waals surface area contributed by atoms with Crippen molar-refractivity contribution in [1.29, 1.82) is 0 Å². The lowest BCUT2D eigenvalue weighted by molar-refractivity contribution is -0.146. The molecule has 0 aromatic carbocycles. The number of rotatable bonds is 6. The van der Waals surface area contributed by atoms with Crippen molar-refractivity contribution in [2.45, 2.75) is 45.7 Å². The van der Waals surface area contributed by atoms with Crippen LogP contribution in [0.2, 0.25) is 0 Å². The van der Waals surface area contributed by atoms with E-state index in [2.05, 4.69) is 0 Å². The van der Waals surface area contributed by atoms with Gasteiger partial charge in [-0.15, -0.1) is 0 Å². The Kier molecular flexibility index (Phi) is 5.93. The van der Waals surface area contributed by atoms with Crippen molar-refractivity contribution in [3.63, 3.8) is 0 Å². The van der Waals surface area contributed by atoms with Gasteiger partial charge in [0.2, 0.25) is 5.91 Å². The molecule has 0 aliphatic carbocycles. The van der Waals surface area contributed by atoms with E-state index in [1.807, 2.05) is 6.92 Å². The molecule has 3 N–H and O–H groups in total. The van der Waals surface area contributed by atoms with Crippen LogP contribution in [0.3, 0.4) is 0 Å². The Morgan fingerprint density at radius 2 is 1.93 bits per heavy atom. The Bertz CT molecular complexity index is 229. The zero-order valence-electron chi connectivity index (χ0n) is 9.56. The molecule has 0 spiro atoms. The molecule has 1 amide bonds. The first-order chi connectivity index (χ1) is 6.90. The largest absolute Gasteiger partial charge is 0.480 e. The molecule has 0 bridgehead atoms. The SMILES string of the molecule is CCC[C@H](N)C(=O)N(CC(=O)O)C(C)C. The Morgan fingerprint density at radius 3 is 2.27 bits per heavy atom. The van der Waals surface area contributed by atoms with Gasteiger partial charge in [-0.3, -0.25) is 9.59 Å². The molecule has 0 fully saturated rings. The minimum absolute atomic E-state index is 0.142. The summed E-state index contributed by atoms with van der Waals surface area (Å²) in [6.07, 6.45) is 1.40. The van der Waals surface area contributed by atoms with E-state index in [1.54, 1.807) is 13.8 Å². The number of hydrogen-bond donors (Lipinski definition) is 2. The number of carboxylic acid groups (broad SMARTS) is 1. The van der Waals surface area contributed by atoms with E-state index in [1.165, 1.54) is 4.90 Å². The lowest BCUT2D eigenvalue weighted by Gasteiger charge is -2.27. The highest BCUT2D eigenvalue weighted by atomic mass is 16.4. The van der Waals surface area contributed by atoms with E-state index >= 15 is 0 Å². The van der Waals surface area contributed by atoms with Crippen LogP contribution in [-0.2, 0) is 9.59 Å². The number of amides is 1. The van der Waals surface area contributed by atoms with Gasteiger partial charge < -0.3 is 15.7 Å². The molecule has 0 unspecified atom stereocenters. The van der Waals surface area contributed by atoms with E-state index in [-0.39, 0.29) is 18.5 Å². The molecule has 88 valence electrons. The lowest BCUT2D eigenvalue weighted by atomic mass is 10.1. The molecule has 15 heavy (non-hydrogen) atoms. The summed E-state index contributed by atoms with van der Waals surface area (Å²) in [6, 6.07) is -0.728. The Labute approximate surface area is 90.2 Å². The van der Waals surface area contributed by atoms with Gasteiger partial charge in [0.15, 0.2) is 0 Å². The van der Waals surface area contributed by atoms with Gasteiger partial charge in [-0.25, -0.2) is 0 Å². The third-order valence-corrected chi connectivity index (χ3v) is 2.13. The molecule has 0 saturated heterocycles. The maximum absolute atomic E-state index is 11.7. The second kappa shape index (κ2) is 6.40. The number of hydrogen-bond acceptors (Lipinski definition) is 3. The van der Waals surface area contributed by atoms with Crippen LogP contribution < -0.4 is 5.73 Å². The van der Waals surface area contributed by atoms with Crippen molar-refractivity contribution in [3.05, 3.63) is 0 Å². The molecular weight excluding hydrogens is 196 g/mol. The van der Waals surface area contributed by atoms with Gasteiger partial charge in [0.1, 0.15) is 6.54 Å². The number of carbonyl (C=O) groups is 2. The van der Waals surface area contributed by atoms with Gasteiger partial charge in [-0.1, -0.05) is 13.3 Å². The standard InChI is InChI=1S/C10H20N2O3/c1-4-5-8(11)10(15)12(7(2)3)6-9(13)14/h7-8H,4-6,11H2,1-3H3,(H,13,14)/t8-/m0/s1. The highest BCUT2D eigenvalue weighted by molar-refractivity contribution is 5.85. The normalized spacial score (nSPS) is 12.6. The highest BCUT2D eigenvalue weighted by Gasteiger charge is 2.24. The van der Waals surface area contributed by atoms with Crippen LogP contribution in [0.15, 0.2) is 0 Å². The molecule has 5 heteroatoms. The predicted octanol–water partition coefficient (Wildman–Crippen LogP) is 0.435. The van der Waals surface area contributed by atoms with Gasteiger partial charge in [-0.2, -0.15) is 0 Å². The van der Waals surface area contributed by atoms with Gasteiger partial charge in [-0.05, 0) is 20.3 Å². The molecule has 0 saturated carbocycles. The summed E-state index contributed by atoms with van der Waals surface area (Å²) in [7, 11) is 0. The molecule has 0 aromatic rings. The van der Waals surface area contributed by atoms with Crippen LogP contribution in [0, 0.1) is 0 Å². The number of carboxylic acids is 1. The molecule has 0 aliphatic heterocycles. The van der Waals surface area contributed by atoms with Crippen LogP contribution in [0.4, 0.5) is 0 Å². The van der Waals surface area contributed by atoms with E-state index in [0.29, 0.717) is 6.42 Å². The Morgan fingerprint density at radius 1 is 1.40 bits per heavy atom. The van der Waals surface area contributed by atoms with Crippen LogP contribution in [0.1, 0.15) is 33.6 Å². The monoisotopic (exact) mass is 216 g/mol. The molecule has 0 aliphatic rings. The summed E-state index contributed by atoms with van der Waals surface area (Å²) < 4.78 is 0. The molecule has 0 rings (SSSR count). The minimum atomic E-state index is -1.01. The smallest absolute Gasteiger partial charge is 0.323 e. The van der Waals surface area contributed by atoms with Crippen molar-refractivity contribution in [3.8, 4) is 0 Å². The third-order valence-electron chi connectivity index (χ3n) is 2.13. The van der Waals surface area contributed by atoms with E-state index in [4.69, 9.17) is 10.8 Å². The van der Waals surface area contributed by atoms with E-state index in [9.17, 15) is 9.59 Å². The summed E-state index contributed by atoms with van der Waals surface area (Å²) in [6.45, 7) is 5.21. The average Bonchev–Trinajstić information content (AvgIpc) is 2.12. The fraction of sp³-hybridized carbons (Fsp3) is 0.800. The van der Waals surface area contributed by atoms with Crippen LogP contribution in [0.5, 0.6) is 0 Å². The summed E-state index contributed by atoms with van der Waals surface area (Å²) in [5.41, 5.74) is 5.66. The highest BCUT2D eigenvalue weighted by Crippen LogP contribution is 2.04. The Balaban J connectivity index is 4.47. The summed E-state index contributed by atoms with van der Waals surface area (Å²) in [4.78, 5) is 23.6. The van der Waals surface area contributed by atoms with Crippen molar-refractivity contribution in [1.82, 2.24) is 4.90 Å². The number of nitrogens with two attached hydrogens (primary N) is 1. The van der Waals surface area contributed by atoms with Crippen LogP contribution >= 0.6 is 0 Å². The molecule has 1 atom stereocenters. The fourth-order valence-electron chi connectivity index (χ4n) is 1.31. The second-order valence-electron chi connectivity index (χ2n) is 3.85. The summed E-state index contributed by atoms with van der Waals surface area (Å²) in [5, 5.41) is 8.66. The van der Waals surface area contributed by atoms with Crippen molar-refractivity contribution >= 4 is 11.9 Å². The molecular formula is C10H20N2O3. The Hall–Kier alpha value is -1.10. The molecule has 0 radical (unpaired) electrons. The molecule has 0 heterocycles. The van der Waals surface area contributed by atoms with Gasteiger partial charge in [0, 0.05) is 6.04 Å². The topological polar surface area (TPSA) is 83.6 Å². The lowest BCUT2D eigenvalue weighted by Crippen LogP contribution is -2.48. The maximum Gasteiger partial charge on any atom is 0.323 e. The number of carbonyl (C=O) groups excluding carboxylic acids is 1. The first-order valence-electron chi connectivity index (χ1n) is 5.18. The van der Waals surface area contributed by atoms with Crippen molar-refractivity contribution in [2.75, 3.05) is 6.54 Å². The first kappa shape index (κ1) is 13.9. The van der Waals surface area contributed by atoms with Gasteiger partial charge >= 0.3 is 5.97 Å². The quantitative estimate of drug-likeness (QED) is 0.674. The van der Waals surface area contributed by atoms with E-state index < -0.39 is 12.0 Å². The second-order valence-corrected chi connectivity index (χ2v) is 3.85. The number of aliphatic carboxylic acids is 1. The van der Waals surface area contributed by atoms with Crippen LogP contribution in [-0.4, -0.2) is 40.5 Å². The van der Waals surface area contributed by atoms with E-state index in [0.717, 1.165) is 6.42 Å². The summed E-state index contributed by atoms with van der Waals surface area (Å²) in [5.74, 6) is -1.30. The number of nitrogens with zero attached hydrogens (tertiary/aromatic N) is 1. The maximum atomic E-state index is 11.7. The summed E-state index contributed by atoms with van der Waals surface area (Å²) >= 11 is 0.